The Labute approximate surface area is 102 Å². The van der Waals surface area contributed by atoms with Crippen LogP contribution in [0, 0.1) is 5.92 Å². The number of carboxylic acid groups (broad SMARTS) is 1. The molecule has 17 heavy (non-hydrogen) atoms. The minimum absolute atomic E-state index is 0.182. The van der Waals surface area contributed by atoms with Gasteiger partial charge in [0.15, 0.2) is 0 Å². The Balaban J connectivity index is 2.84. The summed E-state index contributed by atoms with van der Waals surface area (Å²) < 4.78 is 0. The Morgan fingerprint density at radius 1 is 1.47 bits per heavy atom. The quantitative estimate of drug-likeness (QED) is 0.797. The highest BCUT2D eigenvalue weighted by atomic mass is 16.4. The third-order valence-corrected chi connectivity index (χ3v) is 3.48. The molecule has 1 fully saturated rings. The standard InChI is InChI=1S/C12H22N2O3/c1-9(2)5-6-12(3,10(15)16)14-8-7-13(4)11(14)17/h9H,5-8H2,1-4H3,(H,15,16). The van der Waals surface area contributed by atoms with Gasteiger partial charge in [-0.3, -0.25) is 0 Å². The van der Waals surface area contributed by atoms with Crippen LogP contribution in [0.25, 0.3) is 0 Å². The molecule has 1 heterocycles. The average Bonchev–Trinajstić information content (AvgIpc) is 2.56. The van der Waals surface area contributed by atoms with E-state index in [1.54, 1.807) is 18.9 Å². The van der Waals surface area contributed by atoms with E-state index >= 15 is 0 Å². The zero-order valence-electron chi connectivity index (χ0n) is 11.1. The van der Waals surface area contributed by atoms with Crippen molar-refractivity contribution in [2.45, 2.75) is 39.2 Å². The molecule has 0 aromatic carbocycles. The lowest BCUT2D eigenvalue weighted by molar-refractivity contribution is -0.148. The minimum atomic E-state index is -1.08. The van der Waals surface area contributed by atoms with E-state index < -0.39 is 11.5 Å². The molecule has 0 aliphatic carbocycles. The number of urea groups is 1. The fraction of sp³-hybridized carbons (Fsp3) is 0.833. The molecule has 1 atom stereocenters. The smallest absolute Gasteiger partial charge is 0.329 e. The van der Waals surface area contributed by atoms with Crippen LogP contribution in [-0.4, -0.2) is 52.6 Å². The maximum atomic E-state index is 11.9. The molecule has 0 radical (unpaired) electrons. The Morgan fingerprint density at radius 2 is 2.06 bits per heavy atom. The van der Waals surface area contributed by atoms with Crippen molar-refractivity contribution in [2.24, 2.45) is 5.92 Å². The van der Waals surface area contributed by atoms with Gasteiger partial charge in [0.25, 0.3) is 0 Å². The summed E-state index contributed by atoms with van der Waals surface area (Å²) in [4.78, 5) is 26.4. The van der Waals surface area contributed by atoms with E-state index in [-0.39, 0.29) is 6.03 Å². The lowest BCUT2D eigenvalue weighted by Gasteiger charge is -2.35. The molecule has 0 saturated carbocycles. The van der Waals surface area contributed by atoms with Crippen molar-refractivity contribution in [3.05, 3.63) is 0 Å². The summed E-state index contributed by atoms with van der Waals surface area (Å²) in [6, 6.07) is -0.182. The van der Waals surface area contributed by atoms with E-state index in [0.717, 1.165) is 6.42 Å². The summed E-state index contributed by atoms with van der Waals surface area (Å²) in [5, 5.41) is 9.40. The van der Waals surface area contributed by atoms with Gasteiger partial charge >= 0.3 is 12.0 Å². The van der Waals surface area contributed by atoms with Crippen molar-refractivity contribution >= 4 is 12.0 Å². The predicted molar refractivity (Wildman–Crippen MR) is 64.8 cm³/mol. The minimum Gasteiger partial charge on any atom is -0.480 e. The number of carbonyl (C=O) groups is 2. The fourth-order valence-electron chi connectivity index (χ4n) is 2.03. The zero-order valence-corrected chi connectivity index (χ0v) is 11.1. The number of hydrogen-bond acceptors (Lipinski definition) is 2. The number of rotatable bonds is 5. The molecule has 1 saturated heterocycles. The normalized spacial score (nSPS) is 19.9. The van der Waals surface area contributed by atoms with Gasteiger partial charge in [-0.2, -0.15) is 0 Å². The number of hydrogen-bond donors (Lipinski definition) is 1. The maximum absolute atomic E-state index is 11.9. The van der Waals surface area contributed by atoms with E-state index in [2.05, 4.69) is 13.8 Å². The number of likely N-dealkylation sites (N-methyl/N-ethyl adjacent to an activating group) is 1. The molecule has 0 spiro atoms. The third-order valence-electron chi connectivity index (χ3n) is 3.48. The van der Waals surface area contributed by atoms with Gasteiger partial charge in [0.2, 0.25) is 0 Å². The lowest BCUT2D eigenvalue weighted by atomic mass is 9.90. The summed E-state index contributed by atoms with van der Waals surface area (Å²) in [6.45, 7) is 6.86. The van der Waals surface area contributed by atoms with Gasteiger partial charge in [-0.05, 0) is 25.7 Å². The maximum Gasteiger partial charge on any atom is 0.329 e. The topological polar surface area (TPSA) is 60.9 Å². The van der Waals surface area contributed by atoms with Gasteiger partial charge in [-0.15, -0.1) is 0 Å². The molecule has 2 amide bonds. The molecule has 1 aliphatic rings. The molecule has 1 rings (SSSR count). The molecule has 5 heteroatoms. The SMILES string of the molecule is CC(C)CCC(C)(C(=O)O)N1CCN(C)C1=O. The van der Waals surface area contributed by atoms with Crippen LogP contribution in [0.1, 0.15) is 33.6 Å². The molecular weight excluding hydrogens is 220 g/mol. The average molecular weight is 242 g/mol. The van der Waals surface area contributed by atoms with Crippen LogP contribution in [-0.2, 0) is 4.79 Å². The second-order valence-electron chi connectivity index (χ2n) is 5.37. The summed E-state index contributed by atoms with van der Waals surface area (Å²) in [5.41, 5.74) is -1.08. The van der Waals surface area contributed by atoms with E-state index in [9.17, 15) is 14.7 Å². The van der Waals surface area contributed by atoms with E-state index in [1.165, 1.54) is 4.90 Å². The molecule has 0 aromatic heterocycles. The Kier molecular flexibility index (Phi) is 4.01. The molecule has 5 nitrogen and oxygen atoms in total. The molecule has 1 aliphatic heterocycles. The highest BCUT2D eigenvalue weighted by Gasteiger charge is 2.45. The third kappa shape index (κ3) is 2.70. The Hall–Kier alpha value is -1.26. The van der Waals surface area contributed by atoms with Crippen LogP contribution in [0.4, 0.5) is 4.79 Å². The van der Waals surface area contributed by atoms with Gasteiger partial charge in [-0.25, -0.2) is 9.59 Å². The number of nitrogens with zero attached hydrogens (tertiary/aromatic N) is 2. The summed E-state index contributed by atoms with van der Waals surface area (Å²) in [7, 11) is 1.70. The fourth-order valence-corrected chi connectivity index (χ4v) is 2.03. The van der Waals surface area contributed by atoms with Crippen LogP contribution in [0.3, 0.4) is 0 Å². The largest absolute Gasteiger partial charge is 0.480 e. The Morgan fingerprint density at radius 3 is 2.41 bits per heavy atom. The van der Waals surface area contributed by atoms with Crippen molar-refractivity contribution in [2.75, 3.05) is 20.1 Å². The molecule has 0 bridgehead atoms. The van der Waals surface area contributed by atoms with Gasteiger partial charge < -0.3 is 14.9 Å². The van der Waals surface area contributed by atoms with Crippen molar-refractivity contribution in [1.29, 1.82) is 0 Å². The number of amides is 2. The number of carbonyl (C=O) groups excluding carboxylic acids is 1. The molecule has 1 unspecified atom stereocenters. The van der Waals surface area contributed by atoms with Crippen molar-refractivity contribution in [1.82, 2.24) is 9.80 Å². The van der Waals surface area contributed by atoms with E-state index in [1.807, 2.05) is 0 Å². The monoisotopic (exact) mass is 242 g/mol. The van der Waals surface area contributed by atoms with Gasteiger partial charge in [0.05, 0.1) is 0 Å². The highest BCUT2D eigenvalue weighted by molar-refractivity contribution is 5.87. The zero-order chi connectivity index (χ0) is 13.2. The first-order valence-electron chi connectivity index (χ1n) is 6.05. The van der Waals surface area contributed by atoms with E-state index in [4.69, 9.17) is 0 Å². The summed E-state index contributed by atoms with van der Waals surface area (Å²) in [5.74, 6) is -0.481. The first-order chi connectivity index (χ1) is 7.79. The first kappa shape index (κ1) is 13.8. The highest BCUT2D eigenvalue weighted by Crippen LogP contribution is 2.27. The molecule has 0 aromatic rings. The second kappa shape index (κ2) is 4.94. The molecule has 1 N–H and O–H groups in total. The van der Waals surface area contributed by atoms with Gasteiger partial charge in [0, 0.05) is 20.1 Å². The van der Waals surface area contributed by atoms with Crippen LogP contribution in [0.2, 0.25) is 0 Å². The van der Waals surface area contributed by atoms with E-state index in [0.29, 0.717) is 25.4 Å². The van der Waals surface area contributed by atoms with Crippen molar-refractivity contribution < 1.29 is 14.7 Å². The van der Waals surface area contributed by atoms with Crippen molar-refractivity contribution in [3.8, 4) is 0 Å². The Bertz CT molecular complexity index is 317. The van der Waals surface area contributed by atoms with Crippen molar-refractivity contribution in [3.63, 3.8) is 0 Å². The second-order valence-corrected chi connectivity index (χ2v) is 5.37. The van der Waals surface area contributed by atoms with Crippen LogP contribution in [0.5, 0.6) is 0 Å². The van der Waals surface area contributed by atoms with Crippen LogP contribution < -0.4 is 0 Å². The van der Waals surface area contributed by atoms with Crippen LogP contribution in [0.15, 0.2) is 0 Å². The number of aliphatic carboxylic acids is 1. The summed E-state index contributed by atoms with van der Waals surface area (Å²) in [6.07, 6.45) is 1.30. The van der Waals surface area contributed by atoms with Crippen LogP contribution >= 0.6 is 0 Å². The molecular formula is C12H22N2O3. The molecule has 98 valence electrons. The summed E-state index contributed by atoms with van der Waals surface area (Å²) >= 11 is 0. The lowest BCUT2D eigenvalue weighted by Crippen LogP contribution is -2.54. The first-order valence-corrected chi connectivity index (χ1v) is 6.05. The predicted octanol–water partition coefficient (Wildman–Crippen LogP) is 1.63. The van der Waals surface area contributed by atoms with Gasteiger partial charge in [0.1, 0.15) is 5.54 Å². The van der Waals surface area contributed by atoms with Gasteiger partial charge in [-0.1, -0.05) is 13.8 Å². The number of carboxylic acids is 1.